The lowest BCUT2D eigenvalue weighted by Crippen LogP contribution is -2.04. The van der Waals surface area contributed by atoms with Gasteiger partial charge in [0, 0.05) is 10.9 Å². The number of para-hydroxylation sites is 1. The van der Waals surface area contributed by atoms with Gasteiger partial charge in [-0.05, 0) is 17.9 Å². The highest BCUT2D eigenvalue weighted by Crippen LogP contribution is 2.01. The van der Waals surface area contributed by atoms with E-state index in [0.29, 0.717) is 6.42 Å². The Bertz CT molecular complexity index is 424. The average molecular weight is 179 g/mol. The molecule has 0 fully saturated rings. The minimum absolute atomic E-state index is 0.00690. The highest BCUT2D eigenvalue weighted by molar-refractivity contribution is 7.91. The number of thiol groups is 1. The predicted molar refractivity (Wildman–Crippen MR) is 49.9 cm³/mol. The van der Waals surface area contributed by atoms with E-state index in [4.69, 9.17) is 0 Å². The molecule has 1 heterocycles. The first-order valence-corrected chi connectivity index (χ1v) is 4.95. The second-order valence-electron chi connectivity index (χ2n) is 2.63. The van der Waals surface area contributed by atoms with Crippen LogP contribution in [0.25, 0.3) is 0 Å². The molecule has 0 unspecified atom stereocenters. The van der Waals surface area contributed by atoms with Crippen molar-refractivity contribution in [2.45, 2.75) is 6.42 Å². The van der Waals surface area contributed by atoms with E-state index in [9.17, 15) is 4.79 Å². The Labute approximate surface area is 73.9 Å². The number of benzene rings is 1. The van der Waals surface area contributed by atoms with Gasteiger partial charge in [0.1, 0.15) is 0 Å². The standard InChI is InChI=1S/C9H9NOS/c11-9-5-6-12-8-4-2-1-3-7(8)10-9/h1-4,12H,5-6H2. The lowest BCUT2D eigenvalue weighted by Gasteiger charge is -1.84. The number of carbonyl (C=O) groups excluding carboxylic acids is 1. The second kappa shape index (κ2) is 3.19. The normalized spacial score (nSPS) is 16.2. The zero-order valence-corrected chi connectivity index (χ0v) is 7.42. The second-order valence-corrected chi connectivity index (χ2v) is 3.87. The van der Waals surface area contributed by atoms with E-state index in [-0.39, 0.29) is 5.91 Å². The topological polar surface area (TPSA) is 29.4 Å². The van der Waals surface area contributed by atoms with Crippen LogP contribution in [0.4, 0.5) is 0 Å². The van der Waals surface area contributed by atoms with Crippen LogP contribution >= 0.6 is 11.4 Å². The minimum Gasteiger partial charge on any atom is -0.273 e. The van der Waals surface area contributed by atoms with E-state index in [0.717, 1.165) is 11.1 Å². The van der Waals surface area contributed by atoms with Crippen molar-refractivity contribution in [3.05, 3.63) is 34.1 Å². The van der Waals surface area contributed by atoms with Gasteiger partial charge in [-0.2, -0.15) is 11.4 Å². The highest BCUT2D eigenvalue weighted by atomic mass is 32.1. The van der Waals surface area contributed by atoms with Crippen LogP contribution in [0.15, 0.2) is 29.3 Å². The van der Waals surface area contributed by atoms with Crippen LogP contribution in [0.3, 0.4) is 0 Å². The van der Waals surface area contributed by atoms with E-state index in [1.54, 1.807) is 0 Å². The zero-order chi connectivity index (χ0) is 8.39. The quantitative estimate of drug-likeness (QED) is 0.466. The van der Waals surface area contributed by atoms with Crippen molar-refractivity contribution in [2.75, 3.05) is 5.75 Å². The first-order chi connectivity index (χ1) is 5.86. The average Bonchev–Trinajstić information content (AvgIpc) is 2.25. The van der Waals surface area contributed by atoms with Crippen LogP contribution in [0, 0.1) is 4.51 Å². The lowest BCUT2D eigenvalue weighted by atomic mass is 10.3. The van der Waals surface area contributed by atoms with Gasteiger partial charge < -0.3 is 0 Å². The number of fused-ring (bicyclic) bond motifs is 1. The third-order valence-electron chi connectivity index (χ3n) is 1.73. The molecule has 1 aliphatic heterocycles. The molecule has 1 amide bonds. The van der Waals surface area contributed by atoms with Gasteiger partial charge in [0.05, 0.1) is 5.36 Å². The molecule has 2 rings (SSSR count). The summed E-state index contributed by atoms with van der Waals surface area (Å²) in [6.45, 7) is 0. The summed E-state index contributed by atoms with van der Waals surface area (Å²) in [6, 6.07) is 7.82. The molecule has 0 aliphatic carbocycles. The third kappa shape index (κ3) is 1.46. The van der Waals surface area contributed by atoms with E-state index in [1.807, 2.05) is 24.3 Å². The van der Waals surface area contributed by atoms with Crippen LogP contribution in [0.2, 0.25) is 0 Å². The minimum atomic E-state index is 0.00690. The van der Waals surface area contributed by atoms with Crippen molar-refractivity contribution in [1.29, 1.82) is 0 Å². The molecule has 0 saturated heterocycles. The monoisotopic (exact) mass is 179 g/mol. The van der Waals surface area contributed by atoms with Crippen LogP contribution in [-0.4, -0.2) is 11.7 Å². The maximum atomic E-state index is 11.1. The predicted octanol–water partition coefficient (Wildman–Crippen LogP) is 0.953. The molecule has 62 valence electrons. The van der Waals surface area contributed by atoms with Gasteiger partial charge in [-0.15, -0.1) is 0 Å². The first-order valence-electron chi connectivity index (χ1n) is 3.87. The fraction of sp³-hybridized carbons (Fsp3) is 0.222. The van der Waals surface area contributed by atoms with Gasteiger partial charge in [0.15, 0.2) is 0 Å². The van der Waals surface area contributed by atoms with E-state index >= 15 is 0 Å². The maximum absolute atomic E-state index is 11.1. The fourth-order valence-corrected chi connectivity index (χ4v) is 2.18. The molecule has 0 radical (unpaired) electrons. The Kier molecular flexibility index (Phi) is 2.04. The molecular weight excluding hydrogens is 170 g/mol. The maximum Gasteiger partial charge on any atom is 0.247 e. The Morgan fingerprint density at radius 3 is 3.08 bits per heavy atom. The molecule has 0 saturated carbocycles. The molecule has 0 bridgehead atoms. The van der Waals surface area contributed by atoms with Crippen LogP contribution in [-0.2, 0) is 4.79 Å². The number of hydrogen-bond acceptors (Lipinski definition) is 1. The van der Waals surface area contributed by atoms with Crippen molar-refractivity contribution in [2.24, 2.45) is 4.99 Å². The molecule has 1 aromatic rings. The van der Waals surface area contributed by atoms with Gasteiger partial charge in [-0.1, -0.05) is 12.1 Å². The summed E-state index contributed by atoms with van der Waals surface area (Å²) in [5.74, 6) is 0.909. The lowest BCUT2D eigenvalue weighted by molar-refractivity contribution is -0.117. The van der Waals surface area contributed by atoms with E-state index in [1.165, 1.54) is 15.9 Å². The third-order valence-corrected chi connectivity index (χ3v) is 2.90. The number of carbonyl (C=O) groups is 1. The van der Waals surface area contributed by atoms with Gasteiger partial charge in [0.2, 0.25) is 5.91 Å². The SMILES string of the molecule is O=C1CC[SH]=c2ccccc2=N1. The fourth-order valence-electron chi connectivity index (χ4n) is 1.15. The number of hydrogen-bond donors (Lipinski definition) is 1. The summed E-state index contributed by atoms with van der Waals surface area (Å²) in [6.07, 6.45) is 0.580. The number of rotatable bonds is 0. The smallest absolute Gasteiger partial charge is 0.247 e. The molecular formula is C9H9NOS. The van der Waals surface area contributed by atoms with Crippen molar-refractivity contribution >= 4 is 17.3 Å². The molecule has 0 spiro atoms. The molecule has 0 N–H and O–H groups in total. The molecule has 1 aliphatic rings. The zero-order valence-electron chi connectivity index (χ0n) is 6.53. The Morgan fingerprint density at radius 2 is 2.17 bits per heavy atom. The molecule has 0 aromatic heterocycles. The summed E-state index contributed by atoms with van der Waals surface area (Å²) >= 11 is 1.22. The summed E-state index contributed by atoms with van der Waals surface area (Å²) in [4.78, 5) is 15.1. The van der Waals surface area contributed by atoms with Gasteiger partial charge in [0.25, 0.3) is 0 Å². The molecule has 0 atom stereocenters. The van der Waals surface area contributed by atoms with Crippen molar-refractivity contribution in [1.82, 2.24) is 0 Å². The van der Waals surface area contributed by atoms with Crippen molar-refractivity contribution < 1.29 is 4.79 Å². The molecule has 1 aromatic carbocycles. The van der Waals surface area contributed by atoms with Crippen LogP contribution in [0.5, 0.6) is 0 Å². The van der Waals surface area contributed by atoms with Crippen LogP contribution < -0.4 is 5.36 Å². The summed E-state index contributed by atoms with van der Waals surface area (Å²) in [5.41, 5.74) is 0. The summed E-state index contributed by atoms with van der Waals surface area (Å²) < 4.78 is 1.17. The van der Waals surface area contributed by atoms with Crippen molar-refractivity contribution in [3.8, 4) is 0 Å². The number of amides is 1. The van der Waals surface area contributed by atoms with Crippen molar-refractivity contribution in [3.63, 3.8) is 0 Å². The van der Waals surface area contributed by atoms with Crippen LogP contribution in [0.1, 0.15) is 6.42 Å². The first kappa shape index (κ1) is 7.68. The molecule has 2 nitrogen and oxygen atoms in total. The molecule has 3 heteroatoms. The van der Waals surface area contributed by atoms with E-state index in [2.05, 4.69) is 4.99 Å². The Balaban J connectivity index is 2.76. The number of nitrogens with zero attached hydrogens (tertiary/aromatic N) is 1. The Morgan fingerprint density at radius 1 is 1.33 bits per heavy atom. The van der Waals surface area contributed by atoms with Gasteiger partial charge in [-0.3, -0.25) is 4.79 Å². The van der Waals surface area contributed by atoms with Gasteiger partial charge >= 0.3 is 0 Å². The van der Waals surface area contributed by atoms with E-state index < -0.39 is 0 Å². The highest BCUT2D eigenvalue weighted by Gasteiger charge is 2.00. The summed E-state index contributed by atoms with van der Waals surface area (Å²) in [7, 11) is 0. The Hall–Kier alpha value is -0.960. The summed E-state index contributed by atoms with van der Waals surface area (Å²) in [5, 5.41) is 0.849. The largest absolute Gasteiger partial charge is 0.273 e. The van der Waals surface area contributed by atoms with Gasteiger partial charge in [-0.25, -0.2) is 4.99 Å². The molecule has 12 heavy (non-hydrogen) atoms.